The molecule has 1 aliphatic rings. The first-order valence-electron chi connectivity index (χ1n) is 5.75. The molecule has 0 aromatic heterocycles. The molecular weight excluding hydrogens is 206 g/mol. The van der Waals surface area contributed by atoms with E-state index in [0.29, 0.717) is 25.6 Å². The number of amides is 1. The monoisotopic (exact) mass is 229 g/mol. The van der Waals surface area contributed by atoms with Gasteiger partial charge in [0, 0.05) is 32.3 Å². The predicted octanol–water partition coefficient (Wildman–Crippen LogP) is -0.582. The van der Waals surface area contributed by atoms with E-state index < -0.39 is 0 Å². The summed E-state index contributed by atoms with van der Waals surface area (Å²) in [4.78, 5) is 13.5. The minimum atomic E-state index is -0.104. The Hall–Kier alpha value is -0.650. The van der Waals surface area contributed by atoms with Crippen molar-refractivity contribution in [1.82, 2.24) is 10.2 Å². The summed E-state index contributed by atoms with van der Waals surface area (Å²) < 4.78 is 4.85. The minimum Gasteiger partial charge on any atom is -0.383 e. The number of nitrogens with zero attached hydrogens (tertiary/aromatic N) is 1. The van der Waals surface area contributed by atoms with Crippen LogP contribution in [-0.4, -0.2) is 56.2 Å². The maximum Gasteiger partial charge on any atom is 0.234 e. The van der Waals surface area contributed by atoms with Gasteiger partial charge in [-0.25, -0.2) is 0 Å². The Morgan fingerprint density at radius 1 is 1.56 bits per heavy atom. The van der Waals surface area contributed by atoms with Gasteiger partial charge in [0.1, 0.15) is 0 Å². The first-order valence-corrected chi connectivity index (χ1v) is 5.75. The van der Waals surface area contributed by atoms with Crippen LogP contribution in [0.4, 0.5) is 0 Å². The molecule has 1 saturated heterocycles. The zero-order valence-corrected chi connectivity index (χ0v) is 10.5. The van der Waals surface area contributed by atoms with Crippen molar-refractivity contribution in [3.63, 3.8) is 0 Å². The molecule has 0 radical (unpaired) electrons. The van der Waals surface area contributed by atoms with Crippen LogP contribution in [0.25, 0.3) is 0 Å². The number of carbonyl (C=O) groups excluding carboxylic acids is 1. The highest BCUT2D eigenvalue weighted by Crippen LogP contribution is 2.25. The van der Waals surface area contributed by atoms with Gasteiger partial charge in [-0.3, -0.25) is 9.69 Å². The summed E-state index contributed by atoms with van der Waals surface area (Å²) in [5.41, 5.74) is 6.04. The molecule has 5 heteroatoms. The quantitative estimate of drug-likeness (QED) is 0.598. The van der Waals surface area contributed by atoms with E-state index in [-0.39, 0.29) is 11.4 Å². The van der Waals surface area contributed by atoms with Crippen LogP contribution in [-0.2, 0) is 9.53 Å². The molecule has 0 bridgehead atoms. The third kappa shape index (κ3) is 3.43. The number of ether oxygens (including phenoxy) is 1. The van der Waals surface area contributed by atoms with E-state index in [4.69, 9.17) is 10.5 Å². The highest BCUT2D eigenvalue weighted by Gasteiger charge is 2.42. The molecule has 1 heterocycles. The van der Waals surface area contributed by atoms with Crippen LogP contribution in [0.15, 0.2) is 0 Å². The van der Waals surface area contributed by atoms with Crippen LogP contribution in [0.5, 0.6) is 0 Å². The van der Waals surface area contributed by atoms with Crippen molar-refractivity contribution < 1.29 is 9.53 Å². The Kier molecular flexibility index (Phi) is 4.70. The van der Waals surface area contributed by atoms with Gasteiger partial charge in [-0.15, -0.1) is 0 Å². The zero-order valence-electron chi connectivity index (χ0n) is 10.5. The molecule has 1 amide bonds. The number of nitrogens with two attached hydrogens (primary N) is 1. The lowest BCUT2D eigenvalue weighted by molar-refractivity contribution is -0.124. The largest absolute Gasteiger partial charge is 0.383 e. The van der Waals surface area contributed by atoms with Crippen molar-refractivity contribution in [1.29, 1.82) is 0 Å². The molecule has 0 spiro atoms. The number of rotatable bonds is 6. The van der Waals surface area contributed by atoms with Gasteiger partial charge >= 0.3 is 0 Å². The normalized spacial score (nSPS) is 19.6. The Morgan fingerprint density at radius 2 is 2.19 bits per heavy atom. The second-order valence-electron chi connectivity index (χ2n) is 4.88. The number of methoxy groups -OCH3 is 1. The first kappa shape index (κ1) is 13.4. The average molecular weight is 229 g/mol. The third-order valence-electron chi connectivity index (χ3n) is 3.18. The van der Waals surface area contributed by atoms with Crippen LogP contribution >= 0.6 is 0 Å². The van der Waals surface area contributed by atoms with Crippen molar-refractivity contribution in [3.05, 3.63) is 0 Å². The Bertz CT molecular complexity index is 237. The van der Waals surface area contributed by atoms with Crippen molar-refractivity contribution in [2.45, 2.75) is 19.4 Å². The van der Waals surface area contributed by atoms with Crippen molar-refractivity contribution in [2.75, 3.05) is 39.9 Å². The topological polar surface area (TPSA) is 67.6 Å². The van der Waals surface area contributed by atoms with Gasteiger partial charge in [-0.2, -0.15) is 0 Å². The molecule has 0 atom stereocenters. The lowest BCUT2D eigenvalue weighted by Gasteiger charge is -2.50. The molecule has 0 saturated carbocycles. The molecule has 1 aliphatic heterocycles. The zero-order chi connectivity index (χ0) is 12.2. The van der Waals surface area contributed by atoms with E-state index in [2.05, 4.69) is 24.1 Å². The summed E-state index contributed by atoms with van der Waals surface area (Å²) in [5, 5.41) is 2.79. The van der Waals surface area contributed by atoms with Gasteiger partial charge in [0.05, 0.1) is 13.2 Å². The maximum atomic E-state index is 11.5. The maximum absolute atomic E-state index is 11.5. The highest BCUT2D eigenvalue weighted by molar-refractivity contribution is 5.78. The molecule has 0 aliphatic carbocycles. The second-order valence-corrected chi connectivity index (χ2v) is 4.88. The average Bonchev–Trinajstić information content (AvgIpc) is 2.15. The van der Waals surface area contributed by atoms with Gasteiger partial charge in [0.2, 0.25) is 5.91 Å². The molecular formula is C11H23N3O2. The highest BCUT2D eigenvalue weighted by atomic mass is 16.5. The molecule has 94 valence electrons. The van der Waals surface area contributed by atoms with Crippen molar-refractivity contribution in [2.24, 2.45) is 11.7 Å². The molecule has 5 nitrogen and oxygen atoms in total. The minimum absolute atomic E-state index is 0.0443. The van der Waals surface area contributed by atoms with Crippen LogP contribution in [0.3, 0.4) is 0 Å². The summed E-state index contributed by atoms with van der Waals surface area (Å²) in [5.74, 6) is 0.503. The fourth-order valence-electron chi connectivity index (χ4n) is 1.81. The number of carbonyl (C=O) groups is 1. The molecule has 0 unspecified atom stereocenters. The van der Waals surface area contributed by atoms with Crippen molar-refractivity contribution in [3.8, 4) is 0 Å². The molecule has 3 N–H and O–H groups in total. The van der Waals surface area contributed by atoms with Gasteiger partial charge in [0.15, 0.2) is 0 Å². The van der Waals surface area contributed by atoms with Crippen LogP contribution in [0, 0.1) is 5.92 Å². The molecule has 0 aromatic rings. The summed E-state index contributed by atoms with van der Waals surface area (Å²) in [7, 11) is 1.62. The summed E-state index contributed by atoms with van der Waals surface area (Å²) in [6.45, 7) is 7.42. The summed E-state index contributed by atoms with van der Waals surface area (Å²) in [6.07, 6.45) is 0. The third-order valence-corrected chi connectivity index (χ3v) is 3.18. The fraction of sp³-hybridized carbons (Fsp3) is 0.909. The van der Waals surface area contributed by atoms with E-state index in [9.17, 15) is 4.79 Å². The van der Waals surface area contributed by atoms with Gasteiger partial charge in [-0.1, -0.05) is 13.8 Å². The molecule has 1 fully saturated rings. The van der Waals surface area contributed by atoms with E-state index in [1.165, 1.54) is 0 Å². The smallest absolute Gasteiger partial charge is 0.234 e. The summed E-state index contributed by atoms with van der Waals surface area (Å²) in [6, 6.07) is 0. The first-order chi connectivity index (χ1) is 7.48. The Balaban J connectivity index is 2.15. The van der Waals surface area contributed by atoms with Gasteiger partial charge < -0.3 is 15.8 Å². The summed E-state index contributed by atoms with van der Waals surface area (Å²) >= 11 is 0. The van der Waals surface area contributed by atoms with E-state index >= 15 is 0 Å². The van der Waals surface area contributed by atoms with Gasteiger partial charge in [-0.05, 0) is 5.92 Å². The van der Waals surface area contributed by atoms with Crippen LogP contribution in [0.1, 0.15) is 13.8 Å². The van der Waals surface area contributed by atoms with Crippen LogP contribution < -0.4 is 11.1 Å². The Morgan fingerprint density at radius 3 is 2.69 bits per heavy atom. The predicted molar refractivity (Wildman–Crippen MR) is 63.1 cm³/mol. The lowest BCUT2D eigenvalue weighted by Crippen LogP contribution is -2.70. The van der Waals surface area contributed by atoms with Crippen molar-refractivity contribution >= 4 is 5.91 Å². The number of hydrogen-bond acceptors (Lipinski definition) is 4. The number of likely N-dealkylation sites (tertiary alicyclic amines) is 1. The SMILES string of the molecule is COCCNC(=O)CN1CC(N)(C(C)C)C1. The number of nitrogens with one attached hydrogen (secondary N) is 1. The standard InChI is InChI=1S/C11H23N3O2/c1-9(2)11(12)7-14(8-11)6-10(15)13-4-5-16-3/h9H,4-8,12H2,1-3H3,(H,13,15). The van der Waals surface area contributed by atoms with E-state index in [1.807, 2.05) is 0 Å². The number of hydrogen-bond donors (Lipinski definition) is 2. The molecule has 16 heavy (non-hydrogen) atoms. The van der Waals surface area contributed by atoms with Crippen LogP contribution in [0.2, 0.25) is 0 Å². The second kappa shape index (κ2) is 5.61. The van der Waals surface area contributed by atoms with Gasteiger partial charge in [0.25, 0.3) is 0 Å². The Labute approximate surface area is 97.3 Å². The lowest BCUT2D eigenvalue weighted by atomic mass is 9.80. The molecule has 1 rings (SSSR count). The van der Waals surface area contributed by atoms with E-state index in [0.717, 1.165) is 13.1 Å². The van der Waals surface area contributed by atoms with E-state index in [1.54, 1.807) is 7.11 Å². The fourth-order valence-corrected chi connectivity index (χ4v) is 1.81. The molecule has 0 aromatic carbocycles.